The minimum Gasteiger partial charge on any atom is -0.326 e. The van der Waals surface area contributed by atoms with E-state index >= 15 is 0 Å². The Hall–Kier alpha value is -0.970. The zero-order valence-electron chi connectivity index (χ0n) is 11.4. The molecule has 0 heterocycles. The molecule has 20 heavy (non-hydrogen) atoms. The van der Waals surface area contributed by atoms with Crippen molar-refractivity contribution in [2.45, 2.75) is 45.0 Å². The number of nitrogens with one attached hydrogen (secondary N) is 1. The lowest BCUT2D eigenvalue weighted by Gasteiger charge is -2.27. The van der Waals surface area contributed by atoms with Crippen LogP contribution >= 0.6 is 15.9 Å². The fraction of sp³-hybridized carbons (Fsp3) is 0.533. The average molecular weight is 346 g/mol. The average Bonchev–Trinajstić information content (AvgIpc) is 2.40. The van der Waals surface area contributed by atoms with E-state index in [4.69, 9.17) is 0 Å². The van der Waals surface area contributed by atoms with E-state index in [9.17, 15) is 13.6 Å². The molecule has 1 aliphatic carbocycles. The highest BCUT2D eigenvalue weighted by Gasteiger charge is 2.37. The summed E-state index contributed by atoms with van der Waals surface area (Å²) in [4.78, 5) is 12.2. The van der Waals surface area contributed by atoms with Gasteiger partial charge in [0.05, 0.1) is 0 Å². The van der Waals surface area contributed by atoms with Crippen LogP contribution in [-0.2, 0) is 11.2 Å². The highest BCUT2D eigenvalue weighted by molar-refractivity contribution is 9.10. The zero-order valence-corrected chi connectivity index (χ0v) is 13.0. The lowest BCUT2D eigenvalue weighted by molar-refractivity contribution is -0.124. The van der Waals surface area contributed by atoms with Crippen molar-refractivity contribution >= 4 is 27.5 Å². The number of halogens is 3. The van der Waals surface area contributed by atoms with Crippen molar-refractivity contribution in [3.8, 4) is 0 Å². The monoisotopic (exact) mass is 345 g/mol. The number of hydrogen-bond acceptors (Lipinski definition) is 1. The molecule has 1 aliphatic rings. The smallest absolute Gasteiger partial charge is 0.248 e. The predicted molar refractivity (Wildman–Crippen MR) is 79.1 cm³/mol. The molecule has 5 heteroatoms. The van der Waals surface area contributed by atoms with Gasteiger partial charge in [-0.25, -0.2) is 8.78 Å². The molecule has 1 aromatic carbocycles. The summed E-state index contributed by atoms with van der Waals surface area (Å²) in [5, 5.41) is 2.88. The standard InChI is InChI=1S/C15H18BrF2NO/c1-2-10-9-12(16)3-4-13(10)19-14(20)11-5-7-15(17,18)8-6-11/h3-4,9,11H,2,5-8H2,1H3,(H,19,20). The molecule has 0 aliphatic heterocycles. The minimum atomic E-state index is -2.59. The van der Waals surface area contributed by atoms with Crippen molar-refractivity contribution in [1.82, 2.24) is 0 Å². The molecule has 1 saturated carbocycles. The second-order valence-corrected chi connectivity index (χ2v) is 6.19. The van der Waals surface area contributed by atoms with Crippen molar-refractivity contribution in [2.75, 3.05) is 5.32 Å². The lowest BCUT2D eigenvalue weighted by Crippen LogP contribution is -2.32. The molecule has 0 radical (unpaired) electrons. The molecule has 2 rings (SSSR count). The second-order valence-electron chi connectivity index (χ2n) is 5.27. The molecule has 0 unspecified atom stereocenters. The van der Waals surface area contributed by atoms with E-state index in [1.54, 1.807) is 0 Å². The normalized spacial score (nSPS) is 18.8. The Morgan fingerprint density at radius 1 is 1.40 bits per heavy atom. The number of carbonyl (C=O) groups is 1. The summed E-state index contributed by atoms with van der Waals surface area (Å²) in [7, 11) is 0. The second kappa shape index (κ2) is 6.20. The van der Waals surface area contributed by atoms with Gasteiger partial charge in [-0.1, -0.05) is 22.9 Å². The number of aryl methyl sites for hydroxylation is 1. The zero-order chi connectivity index (χ0) is 14.8. The summed E-state index contributed by atoms with van der Waals surface area (Å²) >= 11 is 3.40. The van der Waals surface area contributed by atoms with Crippen LogP contribution in [0.4, 0.5) is 14.5 Å². The number of anilines is 1. The Balaban J connectivity index is 2.02. The van der Waals surface area contributed by atoms with Gasteiger partial charge in [0.25, 0.3) is 0 Å². The van der Waals surface area contributed by atoms with Gasteiger partial charge in [0.1, 0.15) is 0 Å². The van der Waals surface area contributed by atoms with Gasteiger partial charge < -0.3 is 5.32 Å². The van der Waals surface area contributed by atoms with E-state index in [-0.39, 0.29) is 37.5 Å². The molecular weight excluding hydrogens is 328 g/mol. The van der Waals surface area contributed by atoms with Crippen molar-refractivity contribution < 1.29 is 13.6 Å². The molecule has 0 saturated heterocycles. The van der Waals surface area contributed by atoms with E-state index in [1.165, 1.54) is 0 Å². The number of carbonyl (C=O) groups excluding carboxylic acids is 1. The number of alkyl halides is 2. The van der Waals surface area contributed by atoms with E-state index in [1.807, 2.05) is 25.1 Å². The van der Waals surface area contributed by atoms with E-state index in [2.05, 4.69) is 21.2 Å². The Bertz CT molecular complexity index is 495. The van der Waals surface area contributed by atoms with Gasteiger partial charge in [0.2, 0.25) is 11.8 Å². The Labute approximate surface area is 126 Å². The van der Waals surface area contributed by atoms with Crippen LogP contribution in [0.2, 0.25) is 0 Å². The maximum atomic E-state index is 13.1. The maximum Gasteiger partial charge on any atom is 0.248 e. The van der Waals surface area contributed by atoms with Crippen LogP contribution in [0.1, 0.15) is 38.2 Å². The van der Waals surface area contributed by atoms with Crippen LogP contribution in [0.5, 0.6) is 0 Å². The van der Waals surface area contributed by atoms with Gasteiger partial charge in [-0.05, 0) is 43.0 Å². The van der Waals surface area contributed by atoms with Gasteiger partial charge >= 0.3 is 0 Å². The van der Waals surface area contributed by atoms with E-state index < -0.39 is 5.92 Å². The SMILES string of the molecule is CCc1cc(Br)ccc1NC(=O)C1CCC(F)(F)CC1. The predicted octanol–water partition coefficient (Wildman–Crippen LogP) is 4.78. The Morgan fingerprint density at radius 2 is 2.05 bits per heavy atom. The van der Waals surface area contributed by atoms with Crippen LogP contribution in [0, 0.1) is 5.92 Å². The molecule has 0 bridgehead atoms. The highest BCUT2D eigenvalue weighted by Crippen LogP contribution is 2.36. The van der Waals surface area contributed by atoms with Crippen LogP contribution in [0.3, 0.4) is 0 Å². The van der Waals surface area contributed by atoms with Crippen LogP contribution in [-0.4, -0.2) is 11.8 Å². The van der Waals surface area contributed by atoms with Crippen molar-refractivity contribution in [3.05, 3.63) is 28.2 Å². The lowest BCUT2D eigenvalue weighted by atomic mass is 9.86. The fourth-order valence-electron chi connectivity index (χ4n) is 2.51. The quantitative estimate of drug-likeness (QED) is 0.839. The first-order valence-electron chi connectivity index (χ1n) is 6.88. The summed E-state index contributed by atoms with van der Waals surface area (Å²) in [6, 6.07) is 5.67. The number of amides is 1. The van der Waals surface area contributed by atoms with Crippen LogP contribution in [0.25, 0.3) is 0 Å². The highest BCUT2D eigenvalue weighted by atomic mass is 79.9. The van der Waals surface area contributed by atoms with Crippen LogP contribution in [0.15, 0.2) is 22.7 Å². The third-order valence-electron chi connectivity index (χ3n) is 3.79. The third-order valence-corrected chi connectivity index (χ3v) is 4.29. The topological polar surface area (TPSA) is 29.1 Å². The summed E-state index contributed by atoms with van der Waals surface area (Å²) in [6.45, 7) is 2.01. The van der Waals surface area contributed by atoms with E-state index in [0.29, 0.717) is 0 Å². The molecule has 1 N–H and O–H groups in total. The Kier molecular flexibility index (Phi) is 4.78. The summed E-state index contributed by atoms with van der Waals surface area (Å²) in [6.07, 6.45) is 0.948. The molecule has 0 spiro atoms. The Morgan fingerprint density at radius 3 is 2.65 bits per heavy atom. The number of rotatable bonds is 3. The largest absolute Gasteiger partial charge is 0.326 e. The van der Waals surface area contributed by atoms with Crippen molar-refractivity contribution in [1.29, 1.82) is 0 Å². The molecule has 2 nitrogen and oxygen atoms in total. The van der Waals surface area contributed by atoms with E-state index in [0.717, 1.165) is 22.1 Å². The fourth-order valence-corrected chi connectivity index (χ4v) is 2.92. The van der Waals surface area contributed by atoms with Gasteiger partial charge in [-0.2, -0.15) is 0 Å². The minimum absolute atomic E-state index is 0.141. The van der Waals surface area contributed by atoms with Crippen molar-refractivity contribution in [2.24, 2.45) is 5.92 Å². The first-order valence-corrected chi connectivity index (χ1v) is 7.68. The molecule has 1 fully saturated rings. The molecule has 1 aromatic rings. The van der Waals surface area contributed by atoms with Crippen molar-refractivity contribution in [3.63, 3.8) is 0 Å². The molecule has 0 atom stereocenters. The summed E-state index contributed by atoms with van der Waals surface area (Å²) in [5.41, 5.74) is 1.81. The first kappa shape index (κ1) is 15.4. The summed E-state index contributed by atoms with van der Waals surface area (Å²) < 4.78 is 27.2. The molecule has 110 valence electrons. The van der Waals surface area contributed by atoms with Gasteiger partial charge in [-0.3, -0.25) is 4.79 Å². The number of benzene rings is 1. The maximum absolute atomic E-state index is 13.1. The number of hydrogen-bond donors (Lipinski definition) is 1. The van der Waals surface area contributed by atoms with Gasteiger partial charge in [-0.15, -0.1) is 0 Å². The van der Waals surface area contributed by atoms with Crippen LogP contribution < -0.4 is 5.32 Å². The van der Waals surface area contributed by atoms with Gasteiger partial charge in [0.15, 0.2) is 0 Å². The molecular formula is C15H18BrF2NO. The molecule has 0 aromatic heterocycles. The van der Waals surface area contributed by atoms with Gasteiger partial charge in [0, 0.05) is 28.9 Å². The first-order chi connectivity index (χ1) is 9.41. The summed E-state index contributed by atoms with van der Waals surface area (Å²) in [5.74, 6) is -3.04. The molecule has 1 amide bonds. The third kappa shape index (κ3) is 3.78.